The van der Waals surface area contributed by atoms with Gasteiger partial charge in [-0.15, -0.1) is 0 Å². The number of nitro groups is 1. The predicted octanol–water partition coefficient (Wildman–Crippen LogP) is 3.26. The zero-order valence-electron chi connectivity index (χ0n) is 18.4. The van der Waals surface area contributed by atoms with E-state index in [4.69, 9.17) is 4.74 Å². The van der Waals surface area contributed by atoms with Crippen molar-refractivity contribution in [1.82, 2.24) is 4.90 Å². The Bertz CT molecular complexity index is 1100. The monoisotopic (exact) mass is 451 g/mol. The minimum Gasteiger partial charge on any atom is -0.507 e. The maximum Gasteiger partial charge on any atom is 0.295 e. The molecule has 2 saturated heterocycles. The topological polar surface area (TPSA) is 113 Å². The van der Waals surface area contributed by atoms with E-state index in [1.165, 1.54) is 29.2 Å². The number of hydrogen-bond acceptors (Lipinski definition) is 7. The lowest BCUT2D eigenvalue weighted by atomic mass is 9.95. The van der Waals surface area contributed by atoms with E-state index in [0.29, 0.717) is 12.2 Å². The number of aliphatic hydroxyl groups excluding tert-OH is 1. The number of likely N-dealkylation sites (tertiary alicyclic amines) is 1. The number of amides is 1. The molecule has 0 aliphatic carbocycles. The molecule has 2 aliphatic rings. The van der Waals surface area contributed by atoms with Gasteiger partial charge < -0.3 is 19.6 Å². The molecule has 0 bridgehead atoms. The molecular weight excluding hydrogens is 426 g/mol. The Kier molecular flexibility index (Phi) is 6.15. The highest BCUT2D eigenvalue weighted by Gasteiger charge is 2.47. The molecule has 0 radical (unpaired) electrons. The minimum absolute atomic E-state index is 0.0375. The van der Waals surface area contributed by atoms with Crippen LogP contribution in [0.3, 0.4) is 0 Å². The highest BCUT2D eigenvalue weighted by molar-refractivity contribution is 6.46. The number of ketones is 1. The van der Waals surface area contributed by atoms with Crippen molar-refractivity contribution in [2.75, 3.05) is 32.1 Å². The van der Waals surface area contributed by atoms with Crippen molar-refractivity contribution >= 4 is 28.8 Å². The molecule has 33 heavy (non-hydrogen) atoms. The standard InChI is InChI=1S/C24H25N3O6/c1-25(2)17-9-5-15(6-10-17)21-20(22(28)16-7-11-18(12-8-16)27(31)32)23(29)24(30)26(21)14-19-4-3-13-33-19/h5-12,19,21,28H,3-4,13-14H2,1-2H3/b22-20-. The molecule has 1 N–H and O–H groups in total. The van der Waals surface area contributed by atoms with Crippen LogP contribution in [0.2, 0.25) is 0 Å². The Morgan fingerprint density at radius 1 is 1.15 bits per heavy atom. The summed E-state index contributed by atoms with van der Waals surface area (Å²) >= 11 is 0. The van der Waals surface area contributed by atoms with Crippen LogP contribution in [0.1, 0.15) is 30.0 Å². The van der Waals surface area contributed by atoms with Crippen LogP contribution in [0.4, 0.5) is 11.4 Å². The Balaban J connectivity index is 1.79. The van der Waals surface area contributed by atoms with Crippen molar-refractivity contribution in [1.29, 1.82) is 0 Å². The average Bonchev–Trinajstić information content (AvgIpc) is 3.41. The molecule has 2 unspecified atom stereocenters. The van der Waals surface area contributed by atoms with Gasteiger partial charge in [0.2, 0.25) is 0 Å². The normalized spacial score (nSPS) is 22.1. The third kappa shape index (κ3) is 4.31. The molecule has 2 heterocycles. The molecule has 172 valence electrons. The van der Waals surface area contributed by atoms with Crippen LogP contribution in [-0.4, -0.2) is 60.0 Å². The van der Waals surface area contributed by atoms with Crippen molar-refractivity contribution in [2.24, 2.45) is 0 Å². The van der Waals surface area contributed by atoms with Gasteiger partial charge in [0.05, 0.1) is 22.6 Å². The van der Waals surface area contributed by atoms with Gasteiger partial charge >= 0.3 is 0 Å². The van der Waals surface area contributed by atoms with Crippen LogP contribution in [-0.2, 0) is 14.3 Å². The maximum atomic E-state index is 13.1. The van der Waals surface area contributed by atoms with Gasteiger partial charge in [-0.3, -0.25) is 19.7 Å². The number of hydrogen-bond donors (Lipinski definition) is 1. The molecule has 0 aromatic heterocycles. The number of aliphatic hydroxyl groups is 1. The van der Waals surface area contributed by atoms with Gasteiger partial charge in [0.25, 0.3) is 17.4 Å². The number of ether oxygens (including phenoxy) is 1. The van der Waals surface area contributed by atoms with Crippen molar-refractivity contribution in [2.45, 2.75) is 25.0 Å². The Morgan fingerprint density at radius 2 is 1.82 bits per heavy atom. The summed E-state index contributed by atoms with van der Waals surface area (Å²) < 4.78 is 5.69. The van der Waals surface area contributed by atoms with E-state index < -0.39 is 22.7 Å². The number of carbonyl (C=O) groups is 2. The molecule has 2 aliphatic heterocycles. The highest BCUT2D eigenvalue weighted by Crippen LogP contribution is 2.40. The van der Waals surface area contributed by atoms with Gasteiger partial charge in [-0.25, -0.2) is 0 Å². The number of rotatable bonds is 6. The summed E-state index contributed by atoms with van der Waals surface area (Å²) in [7, 11) is 3.82. The molecule has 2 aromatic rings. The van der Waals surface area contributed by atoms with E-state index in [-0.39, 0.29) is 35.2 Å². The lowest BCUT2D eigenvalue weighted by Gasteiger charge is -2.28. The van der Waals surface area contributed by atoms with E-state index in [2.05, 4.69) is 0 Å². The zero-order valence-corrected chi connectivity index (χ0v) is 18.4. The minimum atomic E-state index is -0.791. The third-order valence-electron chi connectivity index (χ3n) is 6.04. The van der Waals surface area contributed by atoms with Crippen LogP contribution < -0.4 is 4.90 Å². The second-order valence-corrected chi connectivity index (χ2v) is 8.38. The van der Waals surface area contributed by atoms with Gasteiger partial charge in [-0.1, -0.05) is 12.1 Å². The van der Waals surface area contributed by atoms with E-state index in [0.717, 1.165) is 18.5 Å². The van der Waals surface area contributed by atoms with Crippen LogP contribution in [0, 0.1) is 10.1 Å². The van der Waals surface area contributed by atoms with Gasteiger partial charge in [0.15, 0.2) is 0 Å². The van der Waals surface area contributed by atoms with Gasteiger partial charge in [0, 0.05) is 50.6 Å². The molecule has 9 nitrogen and oxygen atoms in total. The number of non-ortho nitro benzene ring substituents is 1. The van der Waals surface area contributed by atoms with Gasteiger partial charge in [-0.2, -0.15) is 0 Å². The Morgan fingerprint density at radius 3 is 2.36 bits per heavy atom. The summed E-state index contributed by atoms with van der Waals surface area (Å²) in [4.78, 5) is 39.9. The third-order valence-corrected chi connectivity index (χ3v) is 6.04. The van der Waals surface area contributed by atoms with E-state index in [1.807, 2.05) is 43.3 Å². The maximum absolute atomic E-state index is 13.1. The first-order chi connectivity index (χ1) is 15.8. The van der Waals surface area contributed by atoms with Crippen LogP contribution in [0.15, 0.2) is 54.1 Å². The summed E-state index contributed by atoms with van der Waals surface area (Å²) in [6.07, 6.45) is 1.50. The van der Waals surface area contributed by atoms with E-state index >= 15 is 0 Å². The number of benzene rings is 2. The second kappa shape index (κ2) is 9.03. The van der Waals surface area contributed by atoms with Crippen molar-refractivity contribution in [3.8, 4) is 0 Å². The number of nitro benzene ring substituents is 1. The lowest BCUT2D eigenvalue weighted by Crippen LogP contribution is -2.36. The SMILES string of the molecule is CN(C)c1ccc(C2/C(=C(/O)c3ccc([N+](=O)[O-])cc3)C(=O)C(=O)N2CC2CCCO2)cc1. The van der Waals surface area contributed by atoms with Gasteiger partial charge in [-0.05, 0) is 42.7 Å². The molecule has 2 fully saturated rings. The smallest absolute Gasteiger partial charge is 0.295 e. The molecule has 9 heteroatoms. The fourth-order valence-corrected chi connectivity index (χ4v) is 4.27. The lowest BCUT2D eigenvalue weighted by molar-refractivity contribution is -0.384. The quantitative estimate of drug-likeness (QED) is 0.236. The van der Waals surface area contributed by atoms with Crippen molar-refractivity contribution in [3.05, 3.63) is 75.3 Å². The number of Topliss-reactive ketones (excluding diaryl/α,β-unsaturated/α-hetero) is 1. The first-order valence-electron chi connectivity index (χ1n) is 10.7. The van der Waals surface area contributed by atoms with Crippen LogP contribution in [0.5, 0.6) is 0 Å². The fourth-order valence-electron chi connectivity index (χ4n) is 4.27. The van der Waals surface area contributed by atoms with Crippen molar-refractivity contribution < 1.29 is 24.4 Å². The van der Waals surface area contributed by atoms with Crippen LogP contribution >= 0.6 is 0 Å². The van der Waals surface area contributed by atoms with Crippen molar-refractivity contribution in [3.63, 3.8) is 0 Å². The summed E-state index contributed by atoms with van der Waals surface area (Å²) in [6.45, 7) is 0.849. The second-order valence-electron chi connectivity index (χ2n) is 8.38. The molecule has 2 aromatic carbocycles. The predicted molar refractivity (Wildman–Crippen MR) is 122 cm³/mol. The molecular formula is C24H25N3O6. The summed E-state index contributed by atoms with van der Waals surface area (Å²) in [5, 5.41) is 22.0. The average molecular weight is 451 g/mol. The fraction of sp³-hybridized carbons (Fsp3) is 0.333. The summed E-state index contributed by atoms with van der Waals surface area (Å²) in [5.41, 5.74) is 1.68. The van der Waals surface area contributed by atoms with E-state index in [1.54, 1.807) is 0 Å². The Labute approximate surface area is 191 Å². The van der Waals surface area contributed by atoms with E-state index in [9.17, 15) is 24.8 Å². The largest absolute Gasteiger partial charge is 0.507 e. The van der Waals surface area contributed by atoms with Gasteiger partial charge in [0.1, 0.15) is 5.76 Å². The Hall–Kier alpha value is -3.72. The first kappa shape index (κ1) is 22.5. The molecule has 4 rings (SSSR count). The highest BCUT2D eigenvalue weighted by atomic mass is 16.6. The summed E-state index contributed by atoms with van der Waals surface area (Å²) in [6, 6.07) is 11.9. The first-order valence-corrected chi connectivity index (χ1v) is 10.7. The molecule has 2 atom stereocenters. The summed E-state index contributed by atoms with van der Waals surface area (Å²) in [5.74, 6) is -1.85. The molecule has 0 spiro atoms. The number of anilines is 1. The zero-order chi connectivity index (χ0) is 23.7. The van der Waals surface area contributed by atoms with Crippen LogP contribution in [0.25, 0.3) is 5.76 Å². The molecule has 0 saturated carbocycles. The number of nitrogens with zero attached hydrogens (tertiary/aromatic N) is 3. The molecule has 1 amide bonds. The number of carbonyl (C=O) groups excluding carboxylic acids is 2.